The summed E-state index contributed by atoms with van der Waals surface area (Å²) in [6.07, 6.45) is 10.9. The maximum Gasteiger partial charge on any atom is 0.216 e. The molecule has 0 aliphatic heterocycles. The number of hydrogen-bond donors (Lipinski definition) is 0. The van der Waals surface area contributed by atoms with Gasteiger partial charge in [-0.25, -0.2) is 4.98 Å². The molecule has 0 unspecified atom stereocenters. The Hall–Kier alpha value is -0.920. The second-order valence-electron chi connectivity index (χ2n) is 5.82. The predicted octanol–water partition coefficient (Wildman–Crippen LogP) is 5.64. The first-order valence-corrected chi connectivity index (χ1v) is 7.75. The molecule has 1 rings (SSSR count). The van der Waals surface area contributed by atoms with Crippen molar-refractivity contribution in [3.05, 3.63) is 29.8 Å². The molecule has 1 nitrogen and oxygen atoms in total. The van der Waals surface area contributed by atoms with E-state index in [0.29, 0.717) is 0 Å². The number of hydrogen-bond acceptors (Lipinski definition) is 1. The Balaban J connectivity index is 2.81. The summed E-state index contributed by atoms with van der Waals surface area (Å²) in [7, 11) is 0. The monoisotopic (exact) mass is 265 g/mol. The third kappa shape index (κ3) is 4.93. The molecule has 108 valence electrons. The first kappa shape index (κ1) is 16.1. The van der Waals surface area contributed by atoms with E-state index in [0.717, 1.165) is 18.4 Å². The normalized spacial score (nSPS) is 11.8. The van der Waals surface area contributed by atoms with Crippen molar-refractivity contribution >= 4 is 0 Å². The molecule has 0 radical (unpaired) electrons. The van der Waals surface area contributed by atoms with Crippen LogP contribution in [-0.4, -0.2) is 4.98 Å². The summed E-state index contributed by atoms with van der Waals surface area (Å²) in [5, 5.41) is 0. The highest BCUT2D eigenvalue weighted by Crippen LogP contribution is 2.36. The molecule has 0 aliphatic carbocycles. The van der Waals surface area contributed by atoms with Gasteiger partial charge < -0.3 is 0 Å². The highest BCUT2D eigenvalue weighted by molar-refractivity contribution is 5.22. The summed E-state index contributed by atoms with van der Waals surface area (Å²) < 4.78 is 14.0. The van der Waals surface area contributed by atoms with Crippen LogP contribution >= 0.6 is 0 Å². The van der Waals surface area contributed by atoms with Crippen molar-refractivity contribution in [2.24, 2.45) is 0 Å². The van der Waals surface area contributed by atoms with Gasteiger partial charge in [0.25, 0.3) is 0 Å². The molecule has 0 spiro atoms. The van der Waals surface area contributed by atoms with Crippen LogP contribution in [0.25, 0.3) is 0 Å². The van der Waals surface area contributed by atoms with Crippen LogP contribution in [0.5, 0.6) is 0 Å². The predicted molar refractivity (Wildman–Crippen MR) is 79.8 cm³/mol. The Labute approximate surface area is 117 Å². The van der Waals surface area contributed by atoms with Crippen molar-refractivity contribution in [3.63, 3.8) is 0 Å². The smallest absolute Gasteiger partial charge is 0.216 e. The third-order valence-electron chi connectivity index (χ3n) is 4.07. The van der Waals surface area contributed by atoms with Gasteiger partial charge in [-0.15, -0.1) is 0 Å². The Kier molecular flexibility index (Phi) is 7.04. The maximum atomic E-state index is 14.0. The molecule has 1 aromatic rings. The topological polar surface area (TPSA) is 12.9 Å². The molecule has 1 aromatic heterocycles. The highest BCUT2D eigenvalue weighted by Gasteiger charge is 2.28. The van der Waals surface area contributed by atoms with Crippen LogP contribution in [0.1, 0.15) is 77.7 Å². The second-order valence-corrected chi connectivity index (χ2v) is 5.82. The van der Waals surface area contributed by atoms with Gasteiger partial charge in [-0.05, 0) is 24.3 Å². The maximum absolute atomic E-state index is 14.0. The zero-order chi connectivity index (χ0) is 14.1. The molecule has 0 aromatic carbocycles. The van der Waals surface area contributed by atoms with E-state index in [1.54, 1.807) is 0 Å². The van der Waals surface area contributed by atoms with Gasteiger partial charge in [0, 0.05) is 11.8 Å². The van der Waals surface area contributed by atoms with E-state index in [1.165, 1.54) is 44.7 Å². The molecule has 2 heteroatoms. The number of unbranched alkanes of at least 4 members (excludes halogenated alkanes) is 4. The molecular formula is C17H28FN. The molecule has 0 saturated carbocycles. The van der Waals surface area contributed by atoms with E-state index in [-0.39, 0.29) is 11.4 Å². The molecule has 0 aliphatic rings. The summed E-state index contributed by atoms with van der Waals surface area (Å²) in [6, 6.07) is 3.77. The lowest BCUT2D eigenvalue weighted by Gasteiger charge is -2.30. The fourth-order valence-corrected chi connectivity index (χ4v) is 2.76. The standard InChI is InChI=1S/C17H28FN/c1-4-6-8-12-17(3,13-9-7-5-2)15-11-10-14-19-16(15)18/h10-11,14H,4-9,12-13H2,1-3H3. The van der Waals surface area contributed by atoms with Gasteiger partial charge in [0.2, 0.25) is 5.95 Å². The number of rotatable bonds is 9. The van der Waals surface area contributed by atoms with E-state index in [9.17, 15) is 4.39 Å². The average molecular weight is 265 g/mol. The summed E-state index contributed by atoms with van der Waals surface area (Å²) >= 11 is 0. The van der Waals surface area contributed by atoms with E-state index in [4.69, 9.17) is 0 Å². The Bertz CT molecular complexity index is 352. The van der Waals surface area contributed by atoms with Crippen LogP contribution in [0, 0.1) is 5.95 Å². The van der Waals surface area contributed by atoms with Crippen LogP contribution in [0.15, 0.2) is 18.3 Å². The first-order valence-electron chi connectivity index (χ1n) is 7.75. The van der Waals surface area contributed by atoms with Crippen LogP contribution in [-0.2, 0) is 5.41 Å². The van der Waals surface area contributed by atoms with Crippen molar-refractivity contribution in [1.29, 1.82) is 0 Å². The van der Waals surface area contributed by atoms with Crippen molar-refractivity contribution in [1.82, 2.24) is 4.98 Å². The number of aromatic nitrogens is 1. The summed E-state index contributed by atoms with van der Waals surface area (Å²) in [6.45, 7) is 6.62. The van der Waals surface area contributed by atoms with E-state index in [2.05, 4.69) is 25.8 Å². The molecule has 0 saturated heterocycles. The van der Waals surface area contributed by atoms with Gasteiger partial charge in [0.1, 0.15) is 0 Å². The lowest BCUT2D eigenvalue weighted by Crippen LogP contribution is -2.24. The van der Waals surface area contributed by atoms with Crippen LogP contribution in [0.2, 0.25) is 0 Å². The Morgan fingerprint density at radius 1 is 1.05 bits per heavy atom. The fourth-order valence-electron chi connectivity index (χ4n) is 2.76. The molecular weight excluding hydrogens is 237 g/mol. The number of pyridine rings is 1. The quantitative estimate of drug-likeness (QED) is 0.416. The van der Waals surface area contributed by atoms with Crippen LogP contribution in [0.4, 0.5) is 4.39 Å². The minimum absolute atomic E-state index is 0.0529. The molecule has 1 heterocycles. The van der Waals surface area contributed by atoms with Gasteiger partial charge in [-0.1, -0.05) is 65.4 Å². The van der Waals surface area contributed by atoms with E-state index < -0.39 is 0 Å². The Morgan fingerprint density at radius 3 is 2.11 bits per heavy atom. The van der Waals surface area contributed by atoms with Crippen LogP contribution < -0.4 is 0 Å². The average Bonchev–Trinajstić information content (AvgIpc) is 2.40. The zero-order valence-corrected chi connectivity index (χ0v) is 12.7. The molecule has 19 heavy (non-hydrogen) atoms. The molecule has 0 N–H and O–H groups in total. The lowest BCUT2D eigenvalue weighted by atomic mass is 9.74. The van der Waals surface area contributed by atoms with Crippen molar-refractivity contribution < 1.29 is 4.39 Å². The Morgan fingerprint density at radius 2 is 1.63 bits per heavy atom. The lowest BCUT2D eigenvalue weighted by molar-refractivity contribution is 0.349. The summed E-state index contributed by atoms with van der Waals surface area (Å²) in [5.41, 5.74) is 0.755. The van der Waals surface area contributed by atoms with Gasteiger partial charge in [0.05, 0.1) is 0 Å². The SMILES string of the molecule is CCCCCC(C)(CCCCC)c1cccnc1F. The van der Waals surface area contributed by atoms with Gasteiger partial charge in [-0.2, -0.15) is 4.39 Å². The van der Waals surface area contributed by atoms with Gasteiger partial charge >= 0.3 is 0 Å². The van der Waals surface area contributed by atoms with Crippen molar-refractivity contribution in [2.45, 2.75) is 77.6 Å². The number of nitrogens with zero attached hydrogens (tertiary/aromatic N) is 1. The van der Waals surface area contributed by atoms with Crippen molar-refractivity contribution in [2.75, 3.05) is 0 Å². The molecule has 0 fully saturated rings. The molecule has 0 amide bonds. The zero-order valence-electron chi connectivity index (χ0n) is 12.7. The highest BCUT2D eigenvalue weighted by atomic mass is 19.1. The third-order valence-corrected chi connectivity index (χ3v) is 4.07. The molecule has 0 atom stereocenters. The van der Waals surface area contributed by atoms with Gasteiger partial charge in [-0.3, -0.25) is 0 Å². The number of halogens is 1. The van der Waals surface area contributed by atoms with Gasteiger partial charge in [0.15, 0.2) is 0 Å². The summed E-state index contributed by atoms with van der Waals surface area (Å²) in [5.74, 6) is -0.280. The molecule has 0 bridgehead atoms. The first-order chi connectivity index (χ1) is 9.14. The summed E-state index contributed by atoms with van der Waals surface area (Å²) in [4.78, 5) is 3.84. The fraction of sp³-hybridized carbons (Fsp3) is 0.706. The largest absolute Gasteiger partial charge is 0.228 e. The minimum Gasteiger partial charge on any atom is -0.228 e. The van der Waals surface area contributed by atoms with Crippen LogP contribution in [0.3, 0.4) is 0 Å². The van der Waals surface area contributed by atoms with Crippen molar-refractivity contribution in [3.8, 4) is 0 Å². The van der Waals surface area contributed by atoms with E-state index >= 15 is 0 Å². The minimum atomic E-state index is -0.280. The second kappa shape index (κ2) is 8.29. The van der Waals surface area contributed by atoms with E-state index in [1.807, 2.05) is 12.1 Å².